The number of carbonyl (C=O) groups is 2. The van der Waals surface area contributed by atoms with Crippen LogP contribution in [0.4, 0.5) is 0 Å². The Kier molecular flexibility index (Phi) is 2.89. The van der Waals surface area contributed by atoms with Crippen molar-refractivity contribution in [3.8, 4) is 0 Å². The van der Waals surface area contributed by atoms with Gasteiger partial charge in [0.25, 0.3) is 0 Å². The van der Waals surface area contributed by atoms with Crippen LogP contribution < -0.4 is 0 Å². The summed E-state index contributed by atoms with van der Waals surface area (Å²) < 4.78 is 0. The van der Waals surface area contributed by atoms with Gasteiger partial charge in [-0.25, -0.2) is 0 Å². The molecule has 22 heavy (non-hydrogen) atoms. The zero-order valence-corrected chi connectivity index (χ0v) is 14.2. The van der Waals surface area contributed by atoms with Crippen molar-refractivity contribution in [2.24, 2.45) is 34.0 Å². The van der Waals surface area contributed by atoms with Crippen molar-refractivity contribution < 1.29 is 9.59 Å². The summed E-state index contributed by atoms with van der Waals surface area (Å²) in [6.07, 6.45) is 11.3. The highest BCUT2D eigenvalue weighted by molar-refractivity contribution is 5.87. The van der Waals surface area contributed by atoms with Gasteiger partial charge < -0.3 is 0 Å². The lowest BCUT2D eigenvalue weighted by Gasteiger charge is -2.63. The van der Waals surface area contributed by atoms with E-state index in [1.54, 1.807) is 0 Å². The van der Waals surface area contributed by atoms with E-state index in [9.17, 15) is 9.59 Å². The quantitative estimate of drug-likeness (QED) is 0.624. The first kappa shape index (κ1) is 14.7. The number of ketones is 2. The topological polar surface area (TPSA) is 34.1 Å². The number of carbonyl (C=O) groups excluding carboxylic acids is 2. The van der Waals surface area contributed by atoms with Crippen LogP contribution in [0.15, 0.2) is 12.2 Å². The summed E-state index contributed by atoms with van der Waals surface area (Å²) in [5.74, 6) is 2.39. The molecule has 120 valence electrons. The largest absolute Gasteiger partial charge is 0.300 e. The first-order valence-corrected chi connectivity index (χ1v) is 9.05. The lowest BCUT2D eigenvalue weighted by molar-refractivity contribution is -0.148. The van der Waals surface area contributed by atoms with Gasteiger partial charge in [0, 0.05) is 24.7 Å². The Labute approximate surface area is 133 Å². The third kappa shape index (κ3) is 1.57. The summed E-state index contributed by atoms with van der Waals surface area (Å²) >= 11 is 0. The summed E-state index contributed by atoms with van der Waals surface area (Å²) in [6.45, 7) is 7.12. The van der Waals surface area contributed by atoms with E-state index in [0.717, 1.165) is 44.9 Å². The maximum Gasteiger partial charge on any atom is 0.139 e. The van der Waals surface area contributed by atoms with E-state index in [-0.39, 0.29) is 16.2 Å². The SMILES string of the molecule is CC12CC[C@@]3(C)C(C=CC4CC(=O)CCC43C)C1CCC2=O. The van der Waals surface area contributed by atoms with Crippen molar-refractivity contribution in [2.75, 3.05) is 0 Å². The van der Waals surface area contributed by atoms with Crippen LogP contribution >= 0.6 is 0 Å². The van der Waals surface area contributed by atoms with E-state index < -0.39 is 0 Å². The van der Waals surface area contributed by atoms with Crippen molar-refractivity contribution in [1.29, 1.82) is 0 Å². The molecule has 0 saturated heterocycles. The molecule has 3 fully saturated rings. The molecule has 0 bridgehead atoms. The van der Waals surface area contributed by atoms with Gasteiger partial charge in [-0.2, -0.15) is 0 Å². The third-order valence-corrected chi connectivity index (χ3v) is 8.52. The molecule has 0 amide bonds. The van der Waals surface area contributed by atoms with Crippen LogP contribution in [-0.2, 0) is 9.59 Å². The molecule has 0 radical (unpaired) electrons. The Morgan fingerprint density at radius 3 is 2.50 bits per heavy atom. The minimum absolute atomic E-state index is 0.0812. The lowest BCUT2D eigenvalue weighted by atomic mass is 9.40. The predicted octanol–water partition coefficient (Wildman–Crippen LogP) is 4.33. The van der Waals surface area contributed by atoms with Crippen LogP contribution in [0.3, 0.4) is 0 Å². The van der Waals surface area contributed by atoms with E-state index in [1.165, 1.54) is 0 Å². The van der Waals surface area contributed by atoms with Gasteiger partial charge >= 0.3 is 0 Å². The molecule has 5 unspecified atom stereocenters. The molecule has 0 spiro atoms. The Balaban J connectivity index is 1.78. The fraction of sp³-hybridized carbons (Fsp3) is 0.800. The van der Waals surface area contributed by atoms with Gasteiger partial charge in [-0.15, -0.1) is 0 Å². The number of fused-ring (bicyclic) bond motifs is 5. The molecule has 0 aromatic rings. The number of hydrogen-bond donors (Lipinski definition) is 0. The van der Waals surface area contributed by atoms with Gasteiger partial charge in [0.05, 0.1) is 0 Å². The van der Waals surface area contributed by atoms with Gasteiger partial charge in [-0.1, -0.05) is 32.9 Å². The molecule has 6 atom stereocenters. The van der Waals surface area contributed by atoms with E-state index in [1.807, 2.05) is 0 Å². The molecule has 0 aromatic carbocycles. The average Bonchev–Trinajstić information content (AvgIpc) is 2.77. The molecule has 0 aromatic heterocycles. The minimum atomic E-state index is -0.0812. The smallest absolute Gasteiger partial charge is 0.139 e. The number of allylic oxidation sites excluding steroid dienone is 2. The van der Waals surface area contributed by atoms with Gasteiger partial charge in [0.2, 0.25) is 0 Å². The Hall–Kier alpha value is -0.920. The summed E-state index contributed by atoms with van der Waals surface area (Å²) in [5, 5.41) is 0. The first-order chi connectivity index (χ1) is 10.3. The zero-order valence-electron chi connectivity index (χ0n) is 14.2. The zero-order chi connectivity index (χ0) is 15.8. The molecule has 4 rings (SSSR count). The summed E-state index contributed by atoms with van der Waals surface area (Å²) in [6, 6.07) is 0. The van der Waals surface area contributed by atoms with Gasteiger partial charge in [0.1, 0.15) is 11.6 Å². The van der Waals surface area contributed by atoms with Crippen LogP contribution in [0.1, 0.15) is 65.7 Å². The average molecular weight is 300 g/mol. The highest BCUT2D eigenvalue weighted by atomic mass is 16.1. The summed E-state index contributed by atoms with van der Waals surface area (Å²) in [4.78, 5) is 24.4. The summed E-state index contributed by atoms with van der Waals surface area (Å²) in [7, 11) is 0. The van der Waals surface area contributed by atoms with E-state index >= 15 is 0 Å². The fourth-order valence-electron chi connectivity index (χ4n) is 6.54. The van der Waals surface area contributed by atoms with E-state index in [2.05, 4.69) is 32.9 Å². The lowest BCUT2D eigenvalue weighted by Crippen LogP contribution is -2.58. The predicted molar refractivity (Wildman–Crippen MR) is 86.3 cm³/mol. The molecule has 4 aliphatic rings. The third-order valence-electron chi connectivity index (χ3n) is 8.52. The monoisotopic (exact) mass is 300 g/mol. The van der Waals surface area contributed by atoms with Crippen LogP contribution in [0.2, 0.25) is 0 Å². The van der Waals surface area contributed by atoms with Crippen molar-refractivity contribution >= 4 is 11.6 Å². The van der Waals surface area contributed by atoms with Crippen LogP contribution in [0.25, 0.3) is 0 Å². The number of Topliss-reactive ketones (excluding diaryl/α,β-unsaturated/α-hetero) is 2. The highest BCUT2D eigenvalue weighted by Crippen LogP contribution is 2.69. The molecule has 4 aliphatic carbocycles. The standard InChI is InChI=1S/C20H28O2/c1-18-10-11-20(3)16(15(18)6-7-17(18)22)5-4-13-12-14(21)8-9-19(13,20)2/h4-5,13,15-16H,6-12H2,1-3H3/t13?,15?,16?,18?,19?,20-/m0/s1. The first-order valence-electron chi connectivity index (χ1n) is 9.05. The Morgan fingerprint density at radius 2 is 1.73 bits per heavy atom. The molecule has 0 heterocycles. The van der Waals surface area contributed by atoms with Crippen molar-refractivity contribution in [3.05, 3.63) is 12.2 Å². The summed E-state index contributed by atoms with van der Waals surface area (Å²) in [5.41, 5.74) is 0.400. The highest BCUT2D eigenvalue weighted by Gasteiger charge is 2.64. The normalized spacial score (nSPS) is 53.9. The second-order valence-electron chi connectivity index (χ2n) is 9.08. The van der Waals surface area contributed by atoms with Gasteiger partial charge in [-0.3, -0.25) is 9.59 Å². The second-order valence-corrected chi connectivity index (χ2v) is 9.08. The molecule has 2 heteroatoms. The van der Waals surface area contributed by atoms with Crippen LogP contribution in [0, 0.1) is 34.0 Å². The molecular weight excluding hydrogens is 272 g/mol. The molecule has 0 N–H and O–H groups in total. The van der Waals surface area contributed by atoms with Crippen molar-refractivity contribution in [1.82, 2.24) is 0 Å². The molecule has 0 aliphatic heterocycles. The Morgan fingerprint density at radius 1 is 0.955 bits per heavy atom. The van der Waals surface area contributed by atoms with Crippen LogP contribution in [0.5, 0.6) is 0 Å². The maximum absolute atomic E-state index is 12.4. The number of rotatable bonds is 0. The van der Waals surface area contributed by atoms with Gasteiger partial charge in [-0.05, 0) is 54.3 Å². The minimum Gasteiger partial charge on any atom is -0.300 e. The van der Waals surface area contributed by atoms with Gasteiger partial charge in [0.15, 0.2) is 0 Å². The van der Waals surface area contributed by atoms with Crippen LogP contribution in [-0.4, -0.2) is 11.6 Å². The second kappa shape index (κ2) is 4.33. The molecule has 2 nitrogen and oxygen atoms in total. The molecular formula is C20H28O2. The van der Waals surface area contributed by atoms with E-state index in [4.69, 9.17) is 0 Å². The number of hydrogen-bond acceptors (Lipinski definition) is 2. The van der Waals surface area contributed by atoms with E-state index in [0.29, 0.717) is 29.3 Å². The van der Waals surface area contributed by atoms with Crippen molar-refractivity contribution in [2.45, 2.75) is 65.7 Å². The van der Waals surface area contributed by atoms with Crippen molar-refractivity contribution in [3.63, 3.8) is 0 Å². The fourth-order valence-corrected chi connectivity index (χ4v) is 6.54. The Bertz CT molecular complexity index is 576. The molecule has 3 saturated carbocycles. The maximum atomic E-state index is 12.4.